The number of benzene rings is 1. The first-order valence-corrected chi connectivity index (χ1v) is 12.8. The summed E-state index contributed by atoms with van der Waals surface area (Å²) in [6.45, 7) is 2.89. The van der Waals surface area contributed by atoms with Gasteiger partial charge in [0.1, 0.15) is 11.7 Å². The minimum absolute atomic E-state index is 0.00718. The minimum atomic E-state index is -1.11. The Morgan fingerprint density at radius 1 is 1.08 bits per heavy atom. The lowest BCUT2D eigenvalue weighted by Crippen LogP contribution is -2.56. The van der Waals surface area contributed by atoms with Gasteiger partial charge in [-0.3, -0.25) is 14.4 Å². The van der Waals surface area contributed by atoms with Crippen molar-refractivity contribution in [1.82, 2.24) is 25.1 Å². The summed E-state index contributed by atoms with van der Waals surface area (Å²) in [7, 11) is 0. The molecule has 0 saturated carbocycles. The quantitative estimate of drug-likeness (QED) is 0.386. The zero-order valence-corrected chi connectivity index (χ0v) is 21.8. The van der Waals surface area contributed by atoms with Crippen molar-refractivity contribution in [2.45, 2.75) is 32.2 Å². The van der Waals surface area contributed by atoms with Gasteiger partial charge in [0.25, 0.3) is 5.91 Å². The summed E-state index contributed by atoms with van der Waals surface area (Å²) >= 11 is 0. The molecule has 12 heteroatoms. The lowest BCUT2D eigenvalue weighted by molar-refractivity contribution is -0.138. The number of ether oxygens (including phenoxy) is 1. The molecule has 3 amide bonds. The number of piperazine rings is 1. The predicted octanol–water partition coefficient (Wildman–Crippen LogP) is 1.80. The van der Waals surface area contributed by atoms with Gasteiger partial charge in [-0.25, -0.2) is 14.8 Å². The Morgan fingerprint density at radius 2 is 1.77 bits per heavy atom. The lowest BCUT2D eigenvalue weighted by atomic mass is 10.1. The van der Waals surface area contributed by atoms with Gasteiger partial charge < -0.3 is 30.1 Å². The van der Waals surface area contributed by atoms with E-state index in [1.165, 1.54) is 15.9 Å². The van der Waals surface area contributed by atoms with Crippen LogP contribution in [0.15, 0.2) is 42.5 Å². The van der Waals surface area contributed by atoms with Crippen LogP contribution in [0.4, 0.5) is 4.79 Å². The van der Waals surface area contributed by atoms with E-state index in [2.05, 4.69) is 15.3 Å². The topological polar surface area (TPSA) is 162 Å². The van der Waals surface area contributed by atoms with Crippen LogP contribution in [0.2, 0.25) is 0 Å². The average Bonchev–Trinajstić information content (AvgIpc) is 2.95. The Bertz CT molecular complexity index is 1180. The van der Waals surface area contributed by atoms with E-state index >= 15 is 0 Å². The Labute approximate surface area is 226 Å². The molecule has 1 saturated heterocycles. The number of amides is 3. The highest BCUT2D eigenvalue weighted by Crippen LogP contribution is 2.17. The fourth-order valence-electron chi connectivity index (χ4n) is 3.96. The number of aromatic nitrogens is 2. The van der Waals surface area contributed by atoms with Crippen LogP contribution in [-0.2, 0) is 14.3 Å². The van der Waals surface area contributed by atoms with Gasteiger partial charge in [0, 0.05) is 44.8 Å². The normalized spacial score (nSPS) is 14.2. The van der Waals surface area contributed by atoms with Crippen LogP contribution in [0.3, 0.4) is 0 Å². The average molecular weight is 540 g/mol. The summed E-state index contributed by atoms with van der Waals surface area (Å²) in [5.41, 5.74) is 1.13. The molecule has 0 spiro atoms. The maximum absolute atomic E-state index is 13.3. The van der Waals surface area contributed by atoms with Gasteiger partial charge in [-0.15, -0.1) is 0 Å². The zero-order valence-electron chi connectivity index (χ0n) is 21.8. The molecular weight excluding hydrogens is 506 g/mol. The highest BCUT2D eigenvalue weighted by atomic mass is 16.6. The van der Waals surface area contributed by atoms with E-state index < -0.39 is 29.9 Å². The summed E-state index contributed by atoms with van der Waals surface area (Å²) < 4.78 is 5.01. The molecule has 1 aliphatic rings. The first-order chi connectivity index (χ1) is 18.8. The molecular formula is C27H33N5O7. The molecule has 208 valence electrons. The van der Waals surface area contributed by atoms with Gasteiger partial charge in [-0.2, -0.15) is 0 Å². The first kappa shape index (κ1) is 29.2. The van der Waals surface area contributed by atoms with Gasteiger partial charge in [-0.1, -0.05) is 36.4 Å². The number of carboxylic acid groups (broad SMARTS) is 1. The summed E-state index contributed by atoms with van der Waals surface area (Å²) in [6, 6.07) is 9.43. The second-order valence-electron chi connectivity index (χ2n) is 8.75. The molecule has 0 bridgehead atoms. The SMILES string of the molecule is CCOC(=O)N1CCN(C(=O)[C@H](CCC(=O)O)NC(=O)c2cc(C=CCCO)nc(-c3ccccc3)n2)CC1. The third-order valence-electron chi connectivity index (χ3n) is 5.96. The molecule has 1 aromatic heterocycles. The maximum Gasteiger partial charge on any atom is 0.409 e. The third-order valence-corrected chi connectivity index (χ3v) is 5.96. The molecule has 0 aliphatic carbocycles. The smallest absolute Gasteiger partial charge is 0.409 e. The first-order valence-electron chi connectivity index (χ1n) is 12.8. The number of carbonyl (C=O) groups excluding carboxylic acids is 3. The number of nitrogens with zero attached hydrogens (tertiary/aromatic N) is 4. The van der Waals surface area contributed by atoms with Crippen LogP contribution in [0, 0.1) is 0 Å². The molecule has 0 radical (unpaired) electrons. The highest BCUT2D eigenvalue weighted by Gasteiger charge is 2.31. The van der Waals surface area contributed by atoms with Crippen molar-refractivity contribution in [2.24, 2.45) is 0 Å². The van der Waals surface area contributed by atoms with Crippen LogP contribution in [0.5, 0.6) is 0 Å². The molecule has 1 atom stereocenters. The summed E-state index contributed by atoms with van der Waals surface area (Å²) in [5.74, 6) is -1.89. The van der Waals surface area contributed by atoms with E-state index in [1.807, 2.05) is 18.2 Å². The molecule has 3 N–H and O–H groups in total. The number of hydrogen-bond donors (Lipinski definition) is 3. The fourth-order valence-corrected chi connectivity index (χ4v) is 3.96. The molecule has 3 rings (SSSR count). The number of nitrogens with one attached hydrogen (secondary N) is 1. The van der Waals surface area contributed by atoms with E-state index in [1.54, 1.807) is 31.2 Å². The van der Waals surface area contributed by atoms with Crippen LogP contribution in [-0.4, -0.2) is 99.3 Å². The zero-order chi connectivity index (χ0) is 28.2. The Hall–Kier alpha value is -4.32. The van der Waals surface area contributed by atoms with Gasteiger partial charge in [0.05, 0.1) is 12.3 Å². The van der Waals surface area contributed by atoms with Crippen molar-refractivity contribution >= 4 is 30.0 Å². The molecule has 12 nitrogen and oxygen atoms in total. The van der Waals surface area contributed by atoms with Gasteiger partial charge in [-0.05, 0) is 31.9 Å². The Balaban J connectivity index is 1.81. The standard InChI is InChI=1S/C27H33N5O7/c1-2-39-27(38)32-15-13-31(14-16-32)26(37)21(11-12-23(34)35)30-25(36)22-18-20(10-6-7-17-33)28-24(29-22)19-8-4-3-5-9-19/h3-6,8-10,18,21,33H,2,7,11-17H2,1H3,(H,30,36)(H,34,35)/t21-/m0/s1. The summed E-state index contributed by atoms with van der Waals surface area (Å²) in [6.07, 6.45) is 2.89. The Morgan fingerprint density at radius 3 is 2.41 bits per heavy atom. The van der Waals surface area contributed by atoms with E-state index in [-0.39, 0.29) is 57.9 Å². The largest absolute Gasteiger partial charge is 0.481 e. The van der Waals surface area contributed by atoms with Crippen molar-refractivity contribution in [2.75, 3.05) is 39.4 Å². The second-order valence-corrected chi connectivity index (χ2v) is 8.75. The van der Waals surface area contributed by atoms with Crippen molar-refractivity contribution in [3.8, 4) is 11.4 Å². The molecule has 1 aromatic carbocycles. The van der Waals surface area contributed by atoms with E-state index in [9.17, 15) is 24.3 Å². The number of hydrogen-bond acceptors (Lipinski definition) is 8. The number of aliphatic carboxylic acids is 1. The van der Waals surface area contributed by atoms with Crippen LogP contribution in [0.25, 0.3) is 17.5 Å². The van der Waals surface area contributed by atoms with Crippen molar-refractivity contribution in [1.29, 1.82) is 0 Å². The van der Waals surface area contributed by atoms with Crippen LogP contribution >= 0.6 is 0 Å². The van der Waals surface area contributed by atoms with Gasteiger partial charge >= 0.3 is 12.1 Å². The van der Waals surface area contributed by atoms with Crippen molar-refractivity contribution in [3.63, 3.8) is 0 Å². The summed E-state index contributed by atoms with van der Waals surface area (Å²) in [4.78, 5) is 61.8. The van der Waals surface area contributed by atoms with Crippen LogP contribution in [0.1, 0.15) is 42.4 Å². The molecule has 2 aromatic rings. The lowest BCUT2D eigenvalue weighted by Gasteiger charge is -2.35. The number of aliphatic hydroxyl groups excluding tert-OH is 1. The second kappa shape index (κ2) is 14.6. The van der Waals surface area contributed by atoms with E-state index in [0.717, 1.165) is 0 Å². The highest BCUT2D eigenvalue weighted by molar-refractivity contribution is 5.97. The molecule has 39 heavy (non-hydrogen) atoms. The monoisotopic (exact) mass is 539 g/mol. The van der Waals surface area contributed by atoms with Crippen LogP contribution < -0.4 is 5.32 Å². The number of carboxylic acids is 1. The van der Waals surface area contributed by atoms with E-state index in [0.29, 0.717) is 23.5 Å². The maximum atomic E-state index is 13.3. The summed E-state index contributed by atoms with van der Waals surface area (Å²) in [5, 5.41) is 21.0. The minimum Gasteiger partial charge on any atom is -0.481 e. The number of aliphatic hydroxyl groups is 1. The van der Waals surface area contributed by atoms with Crippen molar-refractivity contribution < 1.29 is 34.1 Å². The molecule has 2 heterocycles. The van der Waals surface area contributed by atoms with Gasteiger partial charge in [0.15, 0.2) is 5.82 Å². The third kappa shape index (κ3) is 8.60. The van der Waals surface area contributed by atoms with Gasteiger partial charge in [0.2, 0.25) is 5.91 Å². The number of rotatable bonds is 11. The van der Waals surface area contributed by atoms with Crippen molar-refractivity contribution in [3.05, 3.63) is 53.9 Å². The Kier molecular flexibility index (Phi) is 10.9. The molecule has 1 fully saturated rings. The van der Waals surface area contributed by atoms with E-state index in [4.69, 9.17) is 9.84 Å². The molecule has 0 unspecified atom stereocenters. The number of carbonyl (C=O) groups is 4. The predicted molar refractivity (Wildman–Crippen MR) is 142 cm³/mol. The molecule has 1 aliphatic heterocycles. The fraction of sp³-hybridized carbons (Fsp3) is 0.407.